The second kappa shape index (κ2) is 5.58. The lowest BCUT2D eigenvalue weighted by Gasteiger charge is -2.08. The zero-order chi connectivity index (χ0) is 15.6. The van der Waals surface area contributed by atoms with Crippen molar-refractivity contribution < 1.29 is 4.42 Å². The van der Waals surface area contributed by atoms with Gasteiger partial charge in [0.15, 0.2) is 5.43 Å². The van der Waals surface area contributed by atoms with Crippen LogP contribution in [0.2, 0.25) is 0 Å². The Morgan fingerprint density at radius 2 is 1.35 bits per heavy atom. The highest BCUT2D eigenvalue weighted by molar-refractivity contribution is 5.95. The largest absolute Gasteiger partial charge is 0.456 e. The molecule has 0 radical (unpaired) electrons. The highest BCUT2D eigenvalue weighted by Gasteiger charge is 2.09. The van der Waals surface area contributed by atoms with Gasteiger partial charge in [0.05, 0.1) is 0 Å². The Morgan fingerprint density at radius 3 is 2.22 bits per heavy atom. The van der Waals surface area contributed by atoms with E-state index in [2.05, 4.69) is 12.1 Å². The SMILES string of the molecule is O=c1cc(-c2ccccc2)oc(-c2cccc3ccccc23)c1. The second-order valence-corrected chi connectivity index (χ2v) is 5.41. The molecule has 23 heavy (non-hydrogen) atoms. The van der Waals surface area contributed by atoms with E-state index in [4.69, 9.17) is 4.42 Å². The maximum Gasteiger partial charge on any atom is 0.186 e. The molecule has 0 unspecified atom stereocenters. The normalized spacial score (nSPS) is 10.8. The number of hydrogen-bond acceptors (Lipinski definition) is 2. The fourth-order valence-corrected chi connectivity index (χ4v) is 2.80. The topological polar surface area (TPSA) is 30.2 Å². The first-order valence-corrected chi connectivity index (χ1v) is 7.50. The standard InChI is InChI=1S/C21H14O2/c22-17-13-20(16-8-2-1-3-9-16)23-21(14-17)19-12-6-10-15-7-4-5-11-18(15)19/h1-14H. The molecule has 4 rings (SSSR count). The first-order valence-electron chi connectivity index (χ1n) is 7.50. The van der Waals surface area contributed by atoms with Gasteiger partial charge in [0.2, 0.25) is 0 Å². The molecule has 0 N–H and O–H groups in total. The van der Waals surface area contributed by atoms with Gasteiger partial charge in [-0.3, -0.25) is 4.79 Å². The van der Waals surface area contributed by atoms with Crippen molar-refractivity contribution in [2.24, 2.45) is 0 Å². The molecule has 0 atom stereocenters. The van der Waals surface area contributed by atoms with Gasteiger partial charge in [0.25, 0.3) is 0 Å². The quantitative estimate of drug-likeness (QED) is 0.513. The van der Waals surface area contributed by atoms with Crippen molar-refractivity contribution in [3.05, 3.63) is 95.2 Å². The summed E-state index contributed by atoms with van der Waals surface area (Å²) in [5, 5.41) is 2.20. The van der Waals surface area contributed by atoms with Crippen LogP contribution in [0.5, 0.6) is 0 Å². The molecule has 0 aliphatic carbocycles. The Hall–Kier alpha value is -3.13. The molecule has 0 bridgehead atoms. The Kier molecular flexibility index (Phi) is 3.28. The van der Waals surface area contributed by atoms with E-state index in [1.807, 2.05) is 60.7 Å². The highest BCUT2D eigenvalue weighted by atomic mass is 16.3. The summed E-state index contributed by atoms with van der Waals surface area (Å²) >= 11 is 0. The van der Waals surface area contributed by atoms with Crippen molar-refractivity contribution in [3.63, 3.8) is 0 Å². The number of rotatable bonds is 2. The zero-order valence-corrected chi connectivity index (χ0v) is 12.4. The van der Waals surface area contributed by atoms with E-state index in [-0.39, 0.29) is 5.43 Å². The monoisotopic (exact) mass is 298 g/mol. The van der Waals surface area contributed by atoms with Crippen molar-refractivity contribution in [3.8, 4) is 22.6 Å². The van der Waals surface area contributed by atoms with Gasteiger partial charge in [-0.1, -0.05) is 72.8 Å². The van der Waals surface area contributed by atoms with E-state index in [0.29, 0.717) is 11.5 Å². The van der Waals surface area contributed by atoms with E-state index >= 15 is 0 Å². The lowest BCUT2D eigenvalue weighted by atomic mass is 10.0. The number of benzene rings is 3. The van der Waals surface area contributed by atoms with Crippen LogP contribution < -0.4 is 5.43 Å². The molecule has 0 aliphatic rings. The highest BCUT2D eigenvalue weighted by Crippen LogP contribution is 2.30. The molecule has 3 aromatic carbocycles. The van der Waals surface area contributed by atoms with Gasteiger partial charge in [-0.2, -0.15) is 0 Å². The predicted molar refractivity (Wildman–Crippen MR) is 93.4 cm³/mol. The summed E-state index contributed by atoms with van der Waals surface area (Å²) in [4.78, 5) is 12.1. The van der Waals surface area contributed by atoms with Crippen LogP contribution in [0.15, 0.2) is 94.1 Å². The van der Waals surface area contributed by atoms with Crippen LogP contribution in [0.3, 0.4) is 0 Å². The molecule has 110 valence electrons. The van der Waals surface area contributed by atoms with Gasteiger partial charge in [-0.25, -0.2) is 0 Å². The van der Waals surface area contributed by atoms with Crippen molar-refractivity contribution in [2.45, 2.75) is 0 Å². The number of hydrogen-bond donors (Lipinski definition) is 0. The van der Waals surface area contributed by atoms with Gasteiger partial charge >= 0.3 is 0 Å². The van der Waals surface area contributed by atoms with E-state index in [1.165, 1.54) is 6.07 Å². The Balaban J connectivity index is 1.96. The fraction of sp³-hybridized carbons (Fsp3) is 0. The van der Waals surface area contributed by atoms with Gasteiger partial charge in [-0.15, -0.1) is 0 Å². The molecule has 1 heterocycles. The van der Waals surface area contributed by atoms with Crippen LogP contribution in [-0.4, -0.2) is 0 Å². The summed E-state index contributed by atoms with van der Waals surface area (Å²) < 4.78 is 6.04. The molecular weight excluding hydrogens is 284 g/mol. The third-order valence-corrected chi connectivity index (χ3v) is 3.88. The lowest BCUT2D eigenvalue weighted by molar-refractivity contribution is 0.581. The maximum atomic E-state index is 12.1. The lowest BCUT2D eigenvalue weighted by Crippen LogP contribution is -1.98. The molecular formula is C21H14O2. The molecule has 0 amide bonds. The second-order valence-electron chi connectivity index (χ2n) is 5.41. The minimum atomic E-state index is -0.0574. The average molecular weight is 298 g/mol. The smallest absolute Gasteiger partial charge is 0.186 e. The van der Waals surface area contributed by atoms with E-state index in [9.17, 15) is 4.79 Å². The minimum Gasteiger partial charge on any atom is -0.456 e. The molecule has 0 saturated carbocycles. The van der Waals surface area contributed by atoms with Crippen LogP contribution in [-0.2, 0) is 0 Å². The Bertz CT molecular complexity index is 1020. The van der Waals surface area contributed by atoms with Gasteiger partial charge in [0.1, 0.15) is 11.5 Å². The average Bonchev–Trinajstić information content (AvgIpc) is 2.61. The van der Waals surface area contributed by atoms with Crippen LogP contribution in [0, 0.1) is 0 Å². The van der Waals surface area contributed by atoms with Gasteiger partial charge in [0, 0.05) is 23.3 Å². The van der Waals surface area contributed by atoms with E-state index in [0.717, 1.165) is 21.9 Å². The summed E-state index contributed by atoms with van der Waals surface area (Å²) in [6, 6.07) is 26.9. The van der Waals surface area contributed by atoms with Gasteiger partial charge in [-0.05, 0) is 10.8 Å². The Morgan fingerprint density at radius 1 is 0.652 bits per heavy atom. The maximum absolute atomic E-state index is 12.1. The van der Waals surface area contributed by atoms with Crippen LogP contribution in [0.1, 0.15) is 0 Å². The molecule has 4 aromatic rings. The van der Waals surface area contributed by atoms with Gasteiger partial charge < -0.3 is 4.42 Å². The summed E-state index contributed by atoms with van der Waals surface area (Å²) in [5.41, 5.74) is 1.77. The molecule has 0 saturated heterocycles. The Labute approximate surface area is 133 Å². The molecule has 2 nitrogen and oxygen atoms in total. The van der Waals surface area contributed by atoms with Crippen LogP contribution in [0.4, 0.5) is 0 Å². The summed E-state index contributed by atoms with van der Waals surface area (Å²) in [7, 11) is 0. The third-order valence-electron chi connectivity index (χ3n) is 3.88. The van der Waals surface area contributed by atoms with Crippen LogP contribution in [0.25, 0.3) is 33.4 Å². The van der Waals surface area contributed by atoms with E-state index in [1.54, 1.807) is 6.07 Å². The molecule has 0 fully saturated rings. The van der Waals surface area contributed by atoms with Crippen molar-refractivity contribution in [1.82, 2.24) is 0 Å². The van der Waals surface area contributed by atoms with Crippen molar-refractivity contribution in [2.75, 3.05) is 0 Å². The summed E-state index contributed by atoms with van der Waals surface area (Å²) in [6.07, 6.45) is 0. The first-order chi connectivity index (χ1) is 11.3. The first kappa shape index (κ1) is 13.5. The summed E-state index contributed by atoms with van der Waals surface area (Å²) in [5.74, 6) is 1.18. The molecule has 0 aliphatic heterocycles. The third kappa shape index (κ3) is 2.55. The van der Waals surface area contributed by atoms with Crippen LogP contribution >= 0.6 is 0 Å². The minimum absolute atomic E-state index is 0.0574. The van der Waals surface area contributed by atoms with E-state index < -0.39 is 0 Å². The molecule has 0 spiro atoms. The summed E-state index contributed by atoms with van der Waals surface area (Å²) in [6.45, 7) is 0. The van der Waals surface area contributed by atoms with Crippen molar-refractivity contribution >= 4 is 10.8 Å². The zero-order valence-electron chi connectivity index (χ0n) is 12.4. The fourth-order valence-electron chi connectivity index (χ4n) is 2.80. The molecule has 1 aromatic heterocycles. The number of fused-ring (bicyclic) bond motifs is 1. The predicted octanol–water partition coefficient (Wildman–Crippen LogP) is 5.13. The molecule has 2 heteroatoms. The van der Waals surface area contributed by atoms with Crippen molar-refractivity contribution in [1.29, 1.82) is 0 Å².